The number of imidazole rings is 1. The Morgan fingerprint density at radius 3 is 2.32 bits per heavy atom. The highest BCUT2D eigenvalue weighted by Crippen LogP contribution is 2.20. The summed E-state index contributed by atoms with van der Waals surface area (Å²) >= 11 is 0. The summed E-state index contributed by atoms with van der Waals surface area (Å²) in [5, 5.41) is 22.5. The van der Waals surface area contributed by atoms with Crippen LogP contribution in [0.5, 0.6) is 0 Å². The average Bonchev–Trinajstić information content (AvgIpc) is 3.04. The van der Waals surface area contributed by atoms with Crippen LogP contribution in [0.2, 0.25) is 0 Å². The lowest BCUT2D eigenvalue weighted by Gasteiger charge is -2.03. The molecule has 0 spiro atoms. The highest BCUT2D eigenvalue weighted by Gasteiger charge is 2.17. The molecule has 3 rings (SSSR count). The zero-order valence-electron chi connectivity index (χ0n) is 13.2. The Balaban J connectivity index is 1.89. The van der Waals surface area contributed by atoms with Crippen LogP contribution in [-0.4, -0.2) is 15.9 Å². The minimum atomic E-state index is 0.0517. The van der Waals surface area contributed by atoms with Crippen LogP contribution in [-0.2, 0) is 11.4 Å². The molecule has 6 nitrogen and oxygen atoms in total. The van der Waals surface area contributed by atoms with E-state index in [1.54, 1.807) is 0 Å². The van der Waals surface area contributed by atoms with Crippen LogP contribution in [0, 0.1) is 22.7 Å². The molecular formula is C19H13N5O. The third-order valence-corrected chi connectivity index (χ3v) is 3.47. The van der Waals surface area contributed by atoms with E-state index >= 15 is 0 Å². The van der Waals surface area contributed by atoms with Gasteiger partial charge >= 0.3 is 0 Å². The van der Waals surface area contributed by atoms with Gasteiger partial charge in [-0.3, -0.25) is 4.57 Å². The summed E-state index contributed by atoms with van der Waals surface area (Å²) in [7, 11) is 0. The average molecular weight is 327 g/mol. The van der Waals surface area contributed by atoms with Crippen LogP contribution in [0.1, 0.15) is 17.0 Å². The monoisotopic (exact) mass is 327 g/mol. The van der Waals surface area contributed by atoms with Gasteiger partial charge in [0.15, 0.2) is 11.4 Å². The van der Waals surface area contributed by atoms with Gasteiger partial charge in [-0.2, -0.15) is 10.5 Å². The zero-order chi connectivity index (χ0) is 17.5. The quantitative estimate of drug-likeness (QED) is 0.409. The lowest BCUT2D eigenvalue weighted by molar-refractivity contribution is 0.131. The van der Waals surface area contributed by atoms with Gasteiger partial charge in [-0.15, -0.1) is 0 Å². The molecule has 0 fully saturated rings. The van der Waals surface area contributed by atoms with Crippen molar-refractivity contribution in [3.8, 4) is 23.5 Å². The Morgan fingerprint density at radius 1 is 1.00 bits per heavy atom. The summed E-state index contributed by atoms with van der Waals surface area (Å²) in [5.74, 6) is 0.459. The molecule has 0 amide bonds. The Labute approximate surface area is 144 Å². The van der Waals surface area contributed by atoms with Crippen molar-refractivity contribution in [2.75, 3.05) is 0 Å². The summed E-state index contributed by atoms with van der Waals surface area (Å²) < 4.78 is 1.46. The van der Waals surface area contributed by atoms with Gasteiger partial charge in [0, 0.05) is 5.56 Å². The van der Waals surface area contributed by atoms with Crippen molar-refractivity contribution in [2.45, 2.75) is 6.61 Å². The maximum atomic E-state index is 9.36. The first-order valence-electron chi connectivity index (χ1n) is 7.50. The molecule has 120 valence electrons. The maximum Gasteiger partial charge on any atom is 0.177 e. The van der Waals surface area contributed by atoms with Gasteiger partial charge < -0.3 is 4.84 Å². The Kier molecular flexibility index (Phi) is 4.84. The topological polar surface area (TPSA) is 87.0 Å². The summed E-state index contributed by atoms with van der Waals surface area (Å²) in [4.78, 5) is 9.52. The molecule has 0 aliphatic heterocycles. The predicted molar refractivity (Wildman–Crippen MR) is 92.2 cm³/mol. The molecule has 0 aliphatic rings. The van der Waals surface area contributed by atoms with E-state index in [0.29, 0.717) is 12.4 Å². The van der Waals surface area contributed by atoms with E-state index in [4.69, 9.17) is 4.84 Å². The van der Waals surface area contributed by atoms with E-state index in [0.717, 1.165) is 11.1 Å². The van der Waals surface area contributed by atoms with Crippen LogP contribution >= 0.6 is 0 Å². The van der Waals surface area contributed by atoms with Gasteiger partial charge in [0.1, 0.15) is 30.9 Å². The molecule has 0 bridgehead atoms. The van der Waals surface area contributed by atoms with E-state index in [1.165, 1.54) is 10.9 Å². The van der Waals surface area contributed by atoms with Gasteiger partial charge in [-0.05, 0) is 5.56 Å². The van der Waals surface area contributed by atoms with Crippen molar-refractivity contribution in [3.05, 3.63) is 77.6 Å². The smallest absolute Gasteiger partial charge is 0.177 e. The van der Waals surface area contributed by atoms with Gasteiger partial charge in [0.25, 0.3) is 0 Å². The second-order valence-corrected chi connectivity index (χ2v) is 5.07. The third-order valence-electron chi connectivity index (χ3n) is 3.47. The molecule has 0 saturated carbocycles. The molecule has 0 N–H and O–H groups in total. The minimum Gasteiger partial charge on any atom is -0.390 e. The Morgan fingerprint density at radius 2 is 1.68 bits per heavy atom. The second kappa shape index (κ2) is 7.58. The first-order chi connectivity index (χ1) is 12.3. The van der Waals surface area contributed by atoms with Crippen molar-refractivity contribution < 1.29 is 4.84 Å². The van der Waals surface area contributed by atoms with Crippen LogP contribution in [0.4, 0.5) is 0 Å². The normalized spacial score (nSPS) is 10.3. The van der Waals surface area contributed by atoms with Crippen molar-refractivity contribution in [1.82, 2.24) is 9.55 Å². The summed E-state index contributed by atoms with van der Waals surface area (Å²) in [6, 6.07) is 22.8. The molecule has 0 atom stereocenters. The number of hydrogen-bond donors (Lipinski definition) is 0. The predicted octanol–water partition coefficient (Wildman–Crippen LogP) is 3.30. The second-order valence-electron chi connectivity index (χ2n) is 5.07. The first kappa shape index (κ1) is 16.0. The molecule has 1 heterocycles. The fraction of sp³-hybridized carbons (Fsp3) is 0.0526. The molecule has 25 heavy (non-hydrogen) atoms. The number of hydrogen-bond acceptors (Lipinski definition) is 5. The van der Waals surface area contributed by atoms with E-state index in [2.05, 4.69) is 10.1 Å². The molecule has 6 heteroatoms. The van der Waals surface area contributed by atoms with Gasteiger partial charge in [-0.1, -0.05) is 65.8 Å². The fourth-order valence-corrected chi connectivity index (χ4v) is 2.29. The zero-order valence-corrected chi connectivity index (χ0v) is 13.2. The lowest BCUT2D eigenvalue weighted by atomic mass is 10.2. The molecule has 2 aromatic carbocycles. The van der Waals surface area contributed by atoms with Crippen molar-refractivity contribution in [3.63, 3.8) is 0 Å². The third kappa shape index (κ3) is 3.54. The summed E-state index contributed by atoms with van der Waals surface area (Å²) in [6.07, 6.45) is 1.36. The number of benzene rings is 2. The summed E-state index contributed by atoms with van der Waals surface area (Å²) in [5.41, 5.74) is 1.92. The maximum absolute atomic E-state index is 9.36. The van der Waals surface area contributed by atoms with E-state index in [-0.39, 0.29) is 11.4 Å². The number of oxime groups is 1. The highest BCUT2D eigenvalue weighted by molar-refractivity contribution is 5.72. The Hall–Kier alpha value is -3.90. The van der Waals surface area contributed by atoms with Crippen LogP contribution in [0.3, 0.4) is 0 Å². The van der Waals surface area contributed by atoms with Gasteiger partial charge in [0.2, 0.25) is 0 Å². The van der Waals surface area contributed by atoms with E-state index < -0.39 is 0 Å². The number of rotatable bonds is 5. The fourth-order valence-electron chi connectivity index (χ4n) is 2.29. The van der Waals surface area contributed by atoms with Crippen LogP contribution in [0.25, 0.3) is 11.4 Å². The number of nitrogens with zero attached hydrogens (tertiary/aromatic N) is 5. The number of nitriles is 2. The molecule has 0 unspecified atom stereocenters. The minimum absolute atomic E-state index is 0.0517. The van der Waals surface area contributed by atoms with Gasteiger partial charge in [0.05, 0.1) is 0 Å². The largest absolute Gasteiger partial charge is 0.390 e. The lowest BCUT2D eigenvalue weighted by Crippen LogP contribution is -2.02. The van der Waals surface area contributed by atoms with Crippen molar-refractivity contribution >= 4 is 6.34 Å². The molecule has 0 aliphatic carbocycles. The molecule has 1 aromatic heterocycles. The standard InChI is InChI=1S/C19H13N5O/c20-11-17-18(12-21)24(19(23-17)16-9-5-2-6-10-16)14-22-25-13-15-7-3-1-4-8-15/h1-10,14H,13H2/b22-14+. The molecule has 0 radical (unpaired) electrons. The van der Waals surface area contributed by atoms with Crippen LogP contribution < -0.4 is 0 Å². The number of aromatic nitrogens is 2. The van der Waals surface area contributed by atoms with Gasteiger partial charge in [-0.25, -0.2) is 4.98 Å². The highest BCUT2D eigenvalue weighted by atomic mass is 16.6. The SMILES string of the molecule is N#Cc1nc(-c2ccccc2)n(/C=N/OCc2ccccc2)c1C#N. The van der Waals surface area contributed by atoms with Crippen molar-refractivity contribution in [1.29, 1.82) is 10.5 Å². The van der Waals surface area contributed by atoms with Crippen LogP contribution in [0.15, 0.2) is 65.8 Å². The summed E-state index contributed by atoms with van der Waals surface area (Å²) in [6.45, 7) is 0.305. The first-order valence-corrected chi connectivity index (χ1v) is 7.50. The van der Waals surface area contributed by atoms with Crippen molar-refractivity contribution in [2.24, 2.45) is 5.16 Å². The Bertz CT molecular complexity index is 963. The van der Waals surface area contributed by atoms with E-state index in [9.17, 15) is 10.5 Å². The molecular weight excluding hydrogens is 314 g/mol. The molecule has 3 aromatic rings. The molecule has 0 saturated heterocycles. The van der Waals surface area contributed by atoms with E-state index in [1.807, 2.05) is 72.8 Å².